The average Bonchev–Trinajstić information content (AvgIpc) is 2.75. The van der Waals surface area contributed by atoms with Crippen molar-refractivity contribution in [3.05, 3.63) is 29.6 Å². The zero-order valence-corrected chi connectivity index (χ0v) is 10.3. The Morgan fingerprint density at radius 3 is 2.82 bits per heavy atom. The Hall–Kier alpha value is -1.13. The maximum atomic E-state index is 13.9. The molecular formula is C13H19FN2O. The van der Waals surface area contributed by atoms with Crippen molar-refractivity contribution >= 4 is 0 Å². The summed E-state index contributed by atoms with van der Waals surface area (Å²) >= 11 is 0. The third kappa shape index (κ3) is 2.58. The summed E-state index contributed by atoms with van der Waals surface area (Å²) < 4.78 is 18.8. The van der Waals surface area contributed by atoms with Crippen molar-refractivity contribution in [2.75, 3.05) is 27.2 Å². The van der Waals surface area contributed by atoms with Gasteiger partial charge in [-0.15, -0.1) is 0 Å². The lowest BCUT2D eigenvalue weighted by Crippen LogP contribution is -2.25. The molecule has 3 nitrogen and oxygen atoms in total. The Labute approximate surface area is 101 Å². The second-order valence-electron chi connectivity index (χ2n) is 4.72. The number of ether oxygens (including phenoxy) is 1. The van der Waals surface area contributed by atoms with E-state index in [0.717, 1.165) is 19.5 Å². The summed E-state index contributed by atoms with van der Waals surface area (Å²) in [5.74, 6) is 0.594. The molecule has 1 fully saturated rings. The fourth-order valence-corrected chi connectivity index (χ4v) is 2.42. The van der Waals surface area contributed by atoms with Crippen LogP contribution in [0.2, 0.25) is 0 Å². The van der Waals surface area contributed by atoms with E-state index in [4.69, 9.17) is 10.5 Å². The predicted octanol–water partition coefficient (Wildman–Crippen LogP) is 1.79. The van der Waals surface area contributed by atoms with Crippen LogP contribution in [0.3, 0.4) is 0 Å². The molecule has 0 aromatic heterocycles. The van der Waals surface area contributed by atoms with Gasteiger partial charge in [0.15, 0.2) is 0 Å². The molecule has 17 heavy (non-hydrogen) atoms. The van der Waals surface area contributed by atoms with Gasteiger partial charge >= 0.3 is 0 Å². The van der Waals surface area contributed by atoms with Gasteiger partial charge in [0.25, 0.3) is 0 Å². The minimum absolute atomic E-state index is 0.231. The number of methoxy groups -OCH3 is 1. The van der Waals surface area contributed by atoms with Crippen LogP contribution in [0.1, 0.15) is 18.0 Å². The van der Waals surface area contributed by atoms with Gasteiger partial charge in [0, 0.05) is 24.2 Å². The zero-order valence-electron chi connectivity index (χ0n) is 10.3. The highest BCUT2D eigenvalue weighted by Crippen LogP contribution is 2.30. The SMILES string of the molecule is COc1ccc(C(N)C2CCN(C)C2)c(F)c1. The van der Waals surface area contributed by atoms with Gasteiger partial charge in [-0.2, -0.15) is 0 Å². The first kappa shape index (κ1) is 12.3. The Balaban J connectivity index is 2.16. The van der Waals surface area contributed by atoms with E-state index in [-0.39, 0.29) is 11.9 Å². The molecule has 1 heterocycles. The number of nitrogens with zero attached hydrogens (tertiary/aromatic N) is 1. The molecule has 0 spiro atoms. The van der Waals surface area contributed by atoms with Crippen LogP contribution in [-0.2, 0) is 0 Å². The Morgan fingerprint density at radius 1 is 1.53 bits per heavy atom. The van der Waals surface area contributed by atoms with Crippen LogP contribution >= 0.6 is 0 Å². The molecular weight excluding hydrogens is 219 g/mol. The van der Waals surface area contributed by atoms with Crippen LogP contribution in [0.25, 0.3) is 0 Å². The third-order valence-electron chi connectivity index (χ3n) is 3.50. The molecule has 0 bridgehead atoms. The minimum Gasteiger partial charge on any atom is -0.497 e. The lowest BCUT2D eigenvalue weighted by atomic mass is 9.92. The zero-order chi connectivity index (χ0) is 12.4. The van der Waals surface area contributed by atoms with Crippen LogP contribution in [0.4, 0.5) is 4.39 Å². The number of rotatable bonds is 3. The van der Waals surface area contributed by atoms with Crippen LogP contribution in [-0.4, -0.2) is 32.1 Å². The highest BCUT2D eigenvalue weighted by atomic mass is 19.1. The second-order valence-corrected chi connectivity index (χ2v) is 4.72. The number of hydrogen-bond acceptors (Lipinski definition) is 3. The Bertz CT molecular complexity index is 397. The lowest BCUT2D eigenvalue weighted by molar-refractivity contribution is 0.367. The fourth-order valence-electron chi connectivity index (χ4n) is 2.42. The van der Waals surface area contributed by atoms with Crippen LogP contribution in [0.15, 0.2) is 18.2 Å². The van der Waals surface area contributed by atoms with Crippen LogP contribution < -0.4 is 10.5 Å². The quantitative estimate of drug-likeness (QED) is 0.872. The van der Waals surface area contributed by atoms with Crippen molar-refractivity contribution in [2.24, 2.45) is 11.7 Å². The van der Waals surface area contributed by atoms with Crippen molar-refractivity contribution in [3.63, 3.8) is 0 Å². The van der Waals surface area contributed by atoms with E-state index >= 15 is 0 Å². The molecule has 2 rings (SSSR count). The molecule has 94 valence electrons. The summed E-state index contributed by atoms with van der Waals surface area (Å²) in [6.45, 7) is 1.97. The molecule has 2 unspecified atom stereocenters. The standard InChI is InChI=1S/C13H19FN2O/c1-16-6-5-9(8-16)13(15)11-4-3-10(17-2)7-12(11)14/h3-4,7,9,13H,5-6,8,15H2,1-2H3. The van der Waals surface area contributed by atoms with Gasteiger partial charge < -0.3 is 15.4 Å². The summed E-state index contributed by atoms with van der Waals surface area (Å²) in [5.41, 5.74) is 6.74. The Kier molecular flexibility index (Phi) is 3.64. The van der Waals surface area contributed by atoms with Crippen molar-refractivity contribution in [1.82, 2.24) is 4.90 Å². The van der Waals surface area contributed by atoms with E-state index in [2.05, 4.69) is 11.9 Å². The van der Waals surface area contributed by atoms with E-state index in [0.29, 0.717) is 17.2 Å². The minimum atomic E-state index is -0.272. The molecule has 2 N–H and O–H groups in total. The smallest absolute Gasteiger partial charge is 0.131 e. The van der Waals surface area contributed by atoms with Gasteiger partial charge in [0.1, 0.15) is 11.6 Å². The first-order chi connectivity index (χ1) is 8.11. The normalized spacial score (nSPS) is 22.7. The second kappa shape index (κ2) is 5.02. The van der Waals surface area contributed by atoms with Crippen molar-refractivity contribution in [3.8, 4) is 5.75 Å². The summed E-state index contributed by atoms with van der Waals surface area (Å²) in [7, 11) is 3.59. The molecule has 1 aromatic carbocycles. The lowest BCUT2D eigenvalue weighted by Gasteiger charge is -2.20. The largest absolute Gasteiger partial charge is 0.497 e. The summed E-state index contributed by atoms with van der Waals surface area (Å²) in [6.07, 6.45) is 1.03. The molecule has 0 radical (unpaired) electrons. The molecule has 1 aliphatic heterocycles. The van der Waals surface area contributed by atoms with Gasteiger partial charge in [-0.3, -0.25) is 0 Å². The highest BCUT2D eigenvalue weighted by molar-refractivity contribution is 5.31. The number of nitrogens with two attached hydrogens (primary N) is 1. The maximum Gasteiger partial charge on any atom is 0.131 e. The van der Waals surface area contributed by atoms with Gasteiger partial charge in [-0.05, 0) is 32.0 Å². The van der Waals surface area contributed by atoms with Gasteiger partial charge in [-0.1, -0.05) is 6.07 Å². The van der Waals surface area contributed by atoms with Crippen LogP contribution in [0.5, 0.6) is 5.75 Å². The first-order valence-corrected chi connectivity index (χ1v) is 5.89. The summed E-state index contributed by atoms with van der Waals surface area (Å²) in [6, 6.07) is 4.66. The maximum absolute atomic E-state index is 13.9. The molecule has 0 aliphatic carbocycles. The van der Waals surface area contributed by atoms with Crippen molar-refractivity contribution in [1.29, 1.82) is 0 Å². The molecule has 1 aliphatic rings. The van der Waals surface area contributed by atoms with Crippen LogP contribution in [0, 0.1) is 11.7 Å². The first-order valence-electron chi connectivity index (χ1n) is 5.89. The van der Waals surface area contributed by atoms with E-state index in [9.17, 15) is 4.39 Å². The van der Waals surface area contributed by atoms with Crippen molar-refractivity contribution in [2.45, 2.75) is 12.5 Å². The fraction of sp³-hybridized carbons (Fsp3) is 0.538. The van der Waals surface area contributed by atoms with Gasteiger partial charge in [0.05, 0.1) is 7.11 Å². The van der Waals surface area contributed by atoms with E-state index in [1.54, 1.807) is 12.1 Å². The molecule has 1 saturated heterocycles. The van der Waals surface area contributed by atoms with E-state index in [1.165, 1.54) is 13.2 Å². The number of likely N-dealkylation sites (tertiary alicyclic amines) is 1. The number of hydrogen-bond donors (Lipinski definition) is 1. The van der Waals surface area contributed by atoms with Gasteiger partial charge in [-0.25, -0.2) is 4.39 Å². The van der Waals surface area contributed by atoms with Crippen molar-refractivity contribution < 1.29 is 9.13 Å². The molecule has 2 atom stereocenters. The summed E-state index contributed by atoms with van der Waals surface area (Å²) in [4.78, 5) is 2.23. The highest BCUT2D eigenvalue weighted by Gasteiger charge is 2.27. The molecule has 0 amide bonds. The molecule has 0 saturated carbocycles. The monoisotopic (exact) mass is 238 g/mol. The summed E-state index contributed by atoms with van der Waals surface area (Å²) in [5, 5.41) is 0. The number of benzene rings is 1. The Morgan fingerprint density at radius 2 is 2.29 bits per heavy atom. The third-order valence-corrected chi connectivity index (χ3v) is 3.50. The van der Waals surface area contributed by atoms with Gasteiger partial charge in [0.2, 0.25) is 0 Å². The molecule has 4 heteroatoms. The topological polar surface area (TPSA) is 38.5 Å². The number of halogens is 1. The van der Waals surface area contributed by atoms with E-state index < -0.39 is 0 Å². The predicted molar refractivity (Wildman–Crippen MR) is 65.5 cm³/mol. The van der Waals surface area contributed by atoms with E-state index in [1.807, 2.05) is 0 Å². The molecule has 1 aromatic rings. The average molecular weight is 238 g/mol.